The number of halogens is 2. The molecule has 2 aromatic rings. The molecular weight excluding hydrogens is 323 g/mol. The van der Waals surface area contributed by atoms with Gasteiger partial charge in [0, 0.05) is 16.8 Å². The molecular formula is C15H16Cl2N4O. The lowest BCUT2D eigenvalue weighted by Crippen LogP contribution is -2.41. The van der Waals surface area contributed by atoms with Crippen molar-refractivity contribution in [3.05, 3.63) is 46.2 Å². The van der Waals surface area contributed by atoms with Gasteiger partial charge >= 0.3 is 0 Å². The zero-order valence-corrected chi connectivity index (χ0v) is 14.0. The van der Waals surface area contributed by atoms with Gasteiger partial charge in [-0.1, -0.05) is 23.2 Å². The normalized spacial score (nSPS) is 11.1. The van der Waals surface area contributed by atoms with Crippen LogP contribution in [0.3, 0.4) is 0 Å². The maximum Gasteiger partial charge on any atom is 0.270 e. The minimum Gasteiger partial charge on any atom is -0.346 e. The first kappa shape index (κ1) is 16.5. The molecule has 7 heteroatoms. The molecule has 0 bridgehead atoms. The zero-order valence-electron chi connectivity index (χ0n) is 12.4. The molecule has 0 aliphatic heterocycles. The number of carbonyl (C=O) groups excluding carboxylic acids is 1. The second-order valence-corrected chi connectivity index (χ2v) is 6.56. The number of carbonyl (C=O) groups is 1. The molecule has 1 amide bonds. The molecule has 1 heterocycles. The third-order valence-electron chi connectivity index (χ3n) is 2.55. The summed E-state index contributed by atoms with van der Waals surface area (Å²) in [7, 11) is 0. The Morgan fingerprint density at radius 1 is 1.18 bits per heavy atom. The highest BCUT2D eigenvalue weighted by atomic mass is 35.5. The van der Waals surface area contributed by atoms with E-state index in [1.807, 2.05) is 20.8 Å². The summed E-state index contributed by atoms with van der Waals surface area (Å²) in [5.74, 6) is 0.000803. The van der Waals surface area contributed by atoms with Crippen LogP contribution in [0.25, 0.3) is 0 Å². The molecule has 22 heavy (non-hydrogen) atoms. The molecule has 0 fully saturated rings. The standard InChI is InChI=1S/C15H16Cl2N4O/c1-15(2,3)21-13(22)11-6-7-18-14(19-11)20-12-8-9(16)4-5-10(12)17/h4-8H,1-3H3,(H,21,22)(H,18,19,20). The number of benzene rings is 1. The number of amides is 1. The van der Waals surface area contributed by atoms with Crippen LogP contribution in [0, 0.1) is 0 Å². The van der Waals surface area contributed by atoms with Gasteiger partial charge in [-0.05, 0) is 45.0 Å². The average molecular weight is 339 g/mol. The van der Waals surface area contributed by atoms with E-state index in [-0.39, 0.29) is 23.1 Å². The smallest absolute Gasteiger partial charge is 0.270 e. The Balaban J connectivity index is 2.22. The SMILES string of the molecule is CC(C)(C)NC(=O)c1ccnc(Nc2cc(Cl)ccc2Cl)n1. The molecule has 1 aromatic carbocycles. The van der Waals surface area contributed by atoms with Crippen molar-refractivity contribution in [2.75, 3.05) is 5.32 Å². The first-order valence-corrected chi connectivity index (χ1v) is 7.38. The highest BCUT2D eigenvalue weighted by Gasteiger charge is 2.17. The molecule has 5 nitrogen and oxygen atoms in total. The van der Waals surface area contributed by atoms with Gasteiger partial charge in [0.1, 0.15) is 5.69 Å². The van der Waals surface area contributed by atoms with Gasteiger partial charge < -0.3 is 10.6 Å². The Morgan fingerprint density at radius 2 is 1.91 bits per heavy atom. The van der Waals surface area contributed by atoms with Crippen LogP contribution < -0.4 is 10.6 Å². The van der Waals surface area contributed by atoms with Gasteiger partial charge in [-0.15, -0.1) is 0 Å². The van der Waals surface area contributed by atoms with Gasteiger partial charge in [-0.2, -0.15) is 0 Å². The average Bonchev–Trinajstić information content (AvgIpc) is 2.41. The van der Waals surface area contributed by atoms with Crippen molar-refractivity contribution in [3.63, 3.8) is 0 Å². The van der Waals surface area contributed by atoms with E-state index in [1.54, 1.807) is 24.3 Å². The largest absolute Gasteiger partial charge is 0.346 e. The lowest BCUT2D eigenvalue weighted by molar-refractivity contribution is 0.0914. The number of rotatable bonds is 3. The molecule has 0 aliphatic carbocycles. The number of hydrogen-bond acceptors (Lipinski definition) is 4. The molecule has 0 aliphatic rings. The number of nitrogens with one attached hydrogen (secondary N) is 2. The lowest BCUT2D eigenvalue weighted by atomic mass is 10.1. The van der Waals surface area contributed by atoms with Gasteiger partial charge in [-0.3, -0.25) is 4.79 Å². The van der Waals surface area contributed by atoms with Crippen LogP contribution in [0.2, 0.25) is 10.0 Å². The lowest BCUT2D eigenvalue weighted by Gasteiger charge is -2.20. The maximum atomic E-state index is 12.1. The molecule has 1 aromatic heterocycles. The monoisotopic (exact) mass is 338 g/mol. The predicted molar refractivity (Wildman–Crippen MR) is 89.0 cm³/mol. The molecule has 2 N–H and O–H groups in total. The minimum atomic E-state index is -0.341. The predicted octanol–water partition coefficient (Wildman–Crippen LogP) is 4.06. The number of anilines is 2. The fraction of sp³-hybridized carbons (Fsp3) is 0.267. The van der Waals surface area contributed by atoms with Crippen molar-refractivity contribution in [1.82, 2.24) is 15.3 Å². The molecule has 0 spiro atoms. The van der Waals surface area contributed by atoms with Gasteiger partial charge in [0.25, 0.3) is 5.91 Å². The Morgan fingerprint density at radius 3 is 2.59 bits per heavy atom. The first-order chi connectivity index (χ1) is 10.2. The van der Waals surface area contributed by atoms with E-state index in [9.17, 15) is 4.79 Å². The third-order valence-corrected chi connectivity index (χ3v) is 3.12. The molecule has 0 atom stereocenters. The van der Waals surface area contributed by atoms with Gasteiger partial charge in [0.2, 0.25) is 5.95 Å². The van der Waals surface area contributed by atoms with Crippen LogP contribution in [0.4, 0.5) is 11.6 Å². The first-order valence-electron chi connectivity index (χ1n) is 6.62. The molecule has 0 saturated heterocycles. The summed E-state index contributed by atoms with van der Waals surface area (Å²) in [6.45, 7) is 5.70. The topological polar surface area (TPSA) is 66.9 Å². The van der Waals surface area contributed by atoms with Gasteiger partial charge in [-0.25, -0.2) is 9.97 Å². The summed E-state index contributed by atoms with van der Waals surface area (Å²) in [6.07, 6.45) is 1.51. The fourth-order valence-electron chi connectivity index (χ4n) is 1.66. The summed E-state index contributed by atoms with van der Waals surface area (Å²) in [5, 5.41) is 6.81. The highest BCUT2D eigenvalue weighted by Crippen LogP contribution is 2.27. The minimum absolute atomic E-state index is 0.268. The Hall–Kier alpha value is -1.85. The zero-order chi connectivity index (χ0) is 16.3. The van der Waals surface area contributed by atoms with E-state index >= 15 is 0 Å². The molecule has 0 saturated carbocycles. The Labute approximate surface area is 139 Å². The van der Waals surface area contributed by atoms with Crippen LogP contribution in [0.15, 0.2) is 30.5 Å². The van der Waals surface area contributed by atoms with Crippen molar-refractivity contribution in [2.24, 2.45) is 0 Å². The van der Waals surface area contributed by atoms with Crippen LogP contribution in [-0.4, -0.2) is 21.4 Å². The number of aromatic nitrogens is 2. The molecule has 0 unspecified atom stereocenters. The van der Waals surface area contributed by atoms with E-state index in [2.05, 4.69) is 20.6 Å². The Kier molecular flexibility index (Phi) is 4.88. The van der Waals surface area contributed by atoms with E-state index in [0.29, 0.717) is 15.7 Å². The summed E-state index contributed by atoms with van der Waals surface area (Å²) in [5.41, 5.74) is 0.499. The third kappa shape index (κ3) is 4.58. The summed E-state index contributed by atoms with van der Waals surface area (Å²) >= 11 is 12.0. The summed E-state index contributed by atoms with van der Waals surface area (Å²) in [4.78, 5) is 20.4. The quantitative estimate of drug-likeness (QED) is 0.885. The second-order valence-electron chi connectivity index (χ2n) is 5.72. The number of nitrogens with zero attached hydrogens (tertiary/aromatic N) is 2. The van der Waals surface area contributed by atoms with Crippen molar-refractivity contribution in [3.8, 4) is 0 Å². The van der Waals surface area contributed by atoms with Crippen molar-refractivity contribution in [1.29, 1.82) is 0 Å². The van der Waals surface area contributed by atoms with Crippen LogP contribution in [0.1, 0.15) is 31.3 Å². The van der Waals surface area contributed by atoms with Crippen molar-refractivity contribution >= 4 is 40.7 Å². The van der Waals surface area contributed by atoms with Crippen LogP contribution in [0.5, 0.6) is 0 Å². The summed E-state index contributed by atoms with van der Waals surface area (Å²) < 4.78 is 0. The second kappa shape index (κ2) is 6.50. The number of hydrogen-bond donors (Lipinski definition) is 2. The van der Waals surface area contributed by atoms with E-state index in [4.69, 9.17) is 23.2 Å². The fourth-order valence-corrected chi connectivity index (χ4v) is 2.00. The molecule has 2 rings (SSSR count). The maximum absolute atomic E-state index is 12.1. The van der Waals surface area contributed by atoms with Crippen molar-refractivity contribution in [2.45, 2.75) is 26.3 Å². The van der Waals surface area contributed by atoms with Crippen molar-refractivity contribution < 1.29 is 4.79 Å². The van der Waals surface area contributed by atoms with Crippen LogP contribution in [-0.2, 0) is 0 Å². The Bertz CT molecular complexity index is 698. The van der Waals surface area contributed by atoms with Gasteiger partial charge in [0.05, 0.1) is 10.7 Å². The van der Waals surface area contributed by atoms with E-state index in [0.717, 1.165) is 0 Å². The molecule has 116 valence electrons. The van der Waals surface area contributed by atoms with E-state index in [1.165, 1.54) is 6.20 Å². The highest BCUT2D eigenvalue weighted by molar-refractivity contribution is 6.35. The summed E-state index contributed by atoms with van der Waals surface area (Å²) in [6, 6.07) is 6.56. The molecule has 0 radical (unpaired) electrons. The van der Waals surface area contributed by atoms with Crippen LogP contribution >= 0.6 is 23.2 Å². The van der Waals surface area contributed by atoms with E-state index < -0.39 is 0 Å². The van der Waals surface area contributed by atoms with Gasteiger partial charge in [0.15, 0.2) is 0 Å².